The molecule has 0 saturated carbocycles. The standard InChI is InChI=1S/C14H12O4S2/c15-19(16)14(13-9-5-2-6-10-13)20(17,18)11-12-7-3-1-4-8-12/h1-10H,11H2. The van der Waals surface area contributed by atoms with Gasteiger partial charge in [-0.3, -0.25) is 0 Å². The van der Waals surface area contributed by atoms with Gasteiger partial charge in [-0.1, -0.05) is 60.7 Å². The van der Waals surface area contributed by atoms with Crippen LogP contribution >= 0.6 is 0 Å². The zero-order chi connectivity index (χ0) is 14.6. The largest absolute Gasteiger partial charge is 0.233 e. The van der Waals surface area contributed by atoms with E-state index in [4.69, 9.17) is 0 Å². The molecule has 4 nitrogen and oxygen atoms in total. The Morgan fingerprint density at radius 1 is 0.850 bits per heavy atom. The van der Waals surface area contributed by atoms with Gasteiger partial charge >= 0.3 is 0 Å². The van der Waals surface area contributed by atoms with E-state index < -0.39 is 24.3 Å². The highest BCUT2D eigenvalue weighted by Gasteiger charge is 2.23. The minimum atomic E-state index is -3.92. The molecular weight excluding hydrogens is 296 g/mol. The summed E-state index contributed by atoms with van der Waals surface area (Å²) in [5.41, 5.74) is 0.725. The molecule has 2 aromatic rings. The summed E-state index contributed by atoms with van der Waals surface area (Å²) in [7, 11) is -6.74. The summed E-state index contributed by atoms with van der Waals surface area (Å²) in [6.45, 7) is 0. The van der Waals surface area contributed by atoms with Crippen LogP contribution in [0.3, 0.4) is 0 Å². The maximum atomic E-state index is 12.3. The summed E-state index contributed by atoms with van der Waals surface area (Å²) >= 11 is 0. The zero-order valence-electron chi connectivity index (χ0n) is 10.4. The molecule has 0 radical (unpaired) electrons. The van der Waals surface area contributed by atoms with Crippen LogP contribution in [0.2, 0.25) is 0 Å². The maximum absolute atomic E-state index is 12.3. The lowest BCUT2D eigenvalue weighted by atomic mass is 10.2. The second-order valence-corrected chi connectivity index (χ2v) is 7.20. The van der Waals surface area contributed by atoms with E-state index in [1.807, 2.05) is 0 Å². The first-order chi connectivity index (χ1) is 9.50. The first-order valence-corrected chi connectivity index (χ1v) is 8.52. The van der Waals surface area contributed by atoms with E-state index in [0.29, 0.717) is 5.56 Å². The van der Waals surface area contributed by atoms with Crippen molar-refractivity contribution in [1.29, 1.82) is 0 Å². The van der Waals surface area contributed by atoms with Crippen molar-refractivity contribution in [3.8, 4) is 0 Å². The van der Waals surface area contributed by atoms with Gasteiger partial charge in [0.1, 0.15) is 0 Å². The van der Waals surface area contributed by atoms with Gasteiger partial charge in [-0.05, 0) is 5.56 Å². The third-order valence-corrected chi connectivity index (χ3v) is 5.87. The minimum absolute atomic E-state index is 0.178. The van der Waals surface area contributed by atoms with Gasteiger partial charge < -0.3 is 0 Å². The maximum Gasteiger partial charge on any atom is 0.233 e. The Morgan fingerprint density at radius 3 is 1.85 bits per heavy atom. The second-order valence-electron chi connectivity index (χ2n) is 4.13. The van der Waals surface area contributed by atoms with Gasteiger partial charge in [0, 0.05) is 5.56 Å². The summed E-state index contributed by atoms with van der Waals surface area (Å²) in [6, 6.07) is 16.3. The van der Waals surface area contributed by atoms with E-state index in [2.05, 4.69) is 0 Å². The van der Waals surface area contributed by atoms with Crippen molar-refractivity contribution in [2.75, 3.05) is 0 Å². The fraction of sp³-hybridized carbons (Fsp3) is 0.0714. The molecule has 2 aromatic carbocycles. The van der Waals surface area contributed by atoms with E-state index in [-0.39, 0.29) is 11.3 Å². The van der Waals surface area contributed by atoms with Crippen LogP contribution in [0.4, 0.5) is 0 Å². The van der Waals surface area contributed by atoms with E-state index >= 15 is 0 Å². The van der Waals surface area contributed by atoms with Gasteiger partial charge in [0.15, 0.2) is 14.0 Å². The van der Waals surface area contributed by atoms with Crippen LogP contribution in [-0.4, -0.2) is 21.0 Å². The van der Waals surface area contributed by atoms with Gasteiger partial charge in [-0.25, -0.2) is 8.42 Å². The summed E-state index contributed by atoms with van der Waals surface area (Å²) in [5.74, 6) is -0.341. The molecule has 0 aromatic heterocycles. The SMILES string of the molecule is O=S(=O)=C(c1ccccc1)S(=O)(=O)Cc1ccccc1. The Bertz CT molecular complexity index is 813. The summed E-state index contributed by atoms with van der Waals surface area (Å²) in [4.78, 5) is 0. The zero-order valence-corrected chi connectivity index (χ0v) is 12.1. The van der Waals surface area contributed by atoms with Crippen molar-refractivity contribution in [2.45, 2.75) is 5.75 Å². The molecule has 0 aliphatic rings. The molecule has 0 unspecified atom stereocenters. The topological polar surface area (TPSA) is 68.3 Å². The van der Waals surface area contributed by atoms with Gasteiger partial charge in [0.05, 0.1) is 5.75 Å². The quantitative estimate of drug-likeness (QED) is 0.809. The first kappa shape index (κ1) is 14.5. The van der Waals surface area contributed by atoms with Crippen molar-refractivity contribution in [1.82, 2.24) is 0 Å². The molecular formula is C14H12O4S2. The van der Waals surface area contributed by atoms with Gasteiger partial charge in [0.25, 0.3) is 0 Å². The van der Waals surface area contributed by atoms with Crippen LogP contribution < -0.4 is 0 Å². The molecule has 0 atom stereocenters. The predicted octanol–water partition coefficient (Wildman–Crippen LogP) is 1.66. The highest BCUT2D eigenvalue weighted by molar-refractivity contribution is 8.15. The van der Waals surface area contributed by atoms with Crippen LogP contribution in [0.15, 0.2) is 60.7 Å². The predicted molar refractivity (Wildman–Crippen MR) is 78.5 cm³/mol. The summed E-state index contributed by atoms with van der Waals surface area (Å²) in [5, 5.41) is 0. The number of hydrogen-bond donors (Lipinski definition) is 0. The molecule has 0 aliphatic carbocycles. The van der Waals surface area contributed by atoms with Crippen LogP contribution in [0.5, 0.6) is 0 Å². The lowest BCUT2D eigenvalue weighted by molar-refractivity contribution is 0.606. The number of benzene rings is 2. The van der Waals surface area contributed by atoms with E-state index in [1.54, 1.807) is 48.5 Å². The highest BCUT2D eigenvalue weighted by atomic mass is 32.2. The number of rotatable bonds is 3. The first-order valence-electron chi connectivity index (χ1n) is 5.79. The molecule has 2 rings (SSSR count). The van der Waals surface area contributed by atoms with Crippen LogP contribution in [0.1, 0.15) is 11.1 Å². The van der Waals surface area contributed by atoms with Gasteiger partial charge in [0.2, 0.25) is 10.3 Å². The van der Waals surface area contributed by atoms with Crippen molar-refractivity contribution in [2.24, 2.45) is 0 Å². The smallest absolute Gasteiger partial charge is 0.222 e. The third-order valence-electron chi connectivity index (χ3n) is 2.64. The van der Waals surface area contributed by atoms with E-state index in [1.165, 1.54) is 12.1 Å². The van der Waals surface area contributed by atoms with Crippen molar-refractivity contribution < 1.29 is 16.8 Å². The van der Waals surface area contributed by atoms with Gasteiger partial charge in [-0.15, -0.1) is 0 Å². The molecule has 0 amide bonds. The normalized spacial score (nSPS) is 11.0. The average Bonchev–Trinajstić information content (AvgIpc) is 2.39. The summed E-state index contributed by atoms with van der Waals surface area (Å²) < 4.78 is 46.7. The Labute approximate surface area is 119 Å². The Kier molecular flexibility index (Phi) is 4.36. The molecule has 104 valence electrons. The molecule has 20 heavy (non-hydrogen) atoms. The van der Waals surface area contributed by atoms with Crippen molar-refractivity contribution in [3.05, 3.63) is 71.8 Å². The van der Waals surface area contributed by atoms with Crippen LogP contribution in [0, 0.1) is 0 Å². The number of sulfone groups is 1. The Morgan fingerprint density at radius 2 is 1.35 bits per heavy atom. The summed E-state index contributed by atoms with van der Waals surface area (Å²) in [6.07, 6.45) is 0. The minimum Gasteiger partial charge on any atom is -0.222 e. The number of hydrogen-bond acceptors (Lipinski definition) is 4. The molecule has 0 spiro atoms. The molecule has 0 fully saturated rings. The van der Waals surface area contributed by atoms with E-state index in [9.17, 15) is 16.8 Å². The third kappa shape index (κ3) is 3.34. The molecule has 6 heteroatoms. The molecule has 0 N–H and O–H groups in total. The fourth-order valence-electron chi connectivity index (χ4n) is 1.81. The molecule has 0 saturated heterocycles. The molecule has 0 aliphatic heterocycles. The van der Waals surface area contributed by atoms with Crippen molar-refractivity contribution in [3.63, 3.8) is 0 Å². The lowest BCUT2D eigenvalue weighted by Crippen LogP contribution is -2.19. The molecule has 0 heterocycles. The Balaban J connectivity index is 2.49. The lowest BCUT2D eigenvalue weighted by Gasteiger charge is -2.05. The van der Waals surface area contributed by atoms with Crippen LogP contribution in [0.25, 0.3) is 0 Å². The fourth-order valence-corrected chi connectivity index (χ4v) is 4.41. The van der Waals surface area contributed by atoms with Crippen molar-refractivity contribution >= 4 is 24.3 Å². The highest BCUT2D eigenvalue weighted by Crippen LogP contribution is 2.12. The molecule has 0 bridgehead atoms. The van der Waals surface area contributed by atoms with E-state index in [0.717, 1.165) is 0 Å². The van der Waals surface area contributed by atoms with Gasteiger partial charge in [-0.2, -0.15) is 8.42 Å². The second kappa shape index (κ2) is 6.02. The average molecular weight is 308 g/mol. The Hall–Kier alpha value is -1.92. The van der Waals surface area contributed by atoms with Crippen LogP contribution in [-0.2, 0) is 25.9 Å². The monoisotopic (exact) mass is 308 g/mol.